The van der Waals surface area contributed by atoms with Gasteiger partial charge in [0.1, 0.15) is 18.2 Å². The highest BCUT2D eigenvalue weighted by molar-refractivity contribution is 5.78. The molecule has 6 rings (SSSR count). The number of anilines is 3. The van der Waals surface area contributed by atoms with Crippen molar-refractivity contribution < 1.29 is 17.9 Å². The Labute approximate surface area is 208 Å². The number of ether oxygens (including phenoxy) is 1. The summed E-state index contributed by atoms with van der Waals surface area (Å²) in [6, 6.07) is 11.3. The summed E-state index contributed by atoms with van der Waals surface area (Å²) in [5.41, 5.74) is 5.78. The molecule has 0 bridgehead atoms. The third-order valence-corrected chi connectivity index (χ3v) is 7.19. The summed E-state index contributed by atoms with van der Waals surface area (Å²) in [5.74, 6) is 0.433. The smallest absolute Gasteiger partial charge is 0.415 e. The van der Waals surface area contributed by atoms with Gasteiger partial charge in [0, 0.05) is 29.4 Å². The average Bonchev–Trinajstić information content (AvgIpc) is 3.69. The lowest BCUT2D eigenvalue weighted by atomic mass is 9.97. The van der Waals surface area contributed by atoms with Crippen molar-refractivity contribution in [1.82, 2.24) is 10.3 Å². The lowest BCUT2D eigenvalue weighted by Crippen LogP contribution is -2.48. The van der Waals surface area contributed by atoms with Crippen molar-refractivity contribution in [3.05, 3.63) is 65.1 Å². The number of aromatic nitrogens is 1. The molecule has 0 unspecified atom stereocenters. The highest BCUT2D eigenvalue weighted by Crippen LogP contribution is 2.52. The number of benzene rings is 2. The molecule has 1 aliphatic carbocycles. The second-order valence-electron chi connectivity index (χ2n) is 10.2. The summed E-state index contributed by atoms with van der Waals surface area (Å²) < 4.78 is 49.3. The van der Waals surface area contributed by atoms with Crippen LogP contribution in [-0.2, 0) is 13.0 Å². The summed E-state index contributed by atoms with van der Waals surface area (Å²) in [7, 11) is 0. The minimum atomic E-state index is -3.27. The van der Waals surface area contributed by atoms with Gasteiger partial charge in [-0.3, -0.25) is 0 Å². The number of fused-ring (bicyclic) bond motifs is 2. The molecule has 2 aliphatic heterocycles. The topological polar surface area (TPSA) is 49.4 Å². The SMILES string of the molecule is CC(C)N1CC(F)(F)Oc2c(C3CC3)cc(-c3cc(Nc4ccc5c(c4)CCNC5)ncc3F)cc21. The second kappa shape index (κ2) is 8.69. The Morgan fingerprint density at radius 3 is 2.75 bits per heavy atom. The predicted molar refractivity (Wildman–Crippen MR) is 135 cm³/mol. The molecule has 1 fully saturated rings. The second-order valence-corrected chi connectivity index (χ2v) is 10.2. The first-order chi connectivity index (χ1) is 17.3. The van der Waals surface area contributed by atoms with Gasteiger partial charge in [0.25, 0.3) is 0 Å². The van der Waals surface area contributed by atoms with E-state index in [0.717, 1.165) is 43.6 Å². The Hall–Kier alpha value is -3.26. The molecule has 8 heteroatoms. The van der Waals surface area contributed by atoms with Crippen LogP contribution in [0.15, 0.2) is 42.6 Å². The van der Waals surface area contributed by atoms with Gasteiger partial charge in [-0.2, -0.15) is 8.78 Å². The van der Waals surface area contributed by atoms with E-state index in [4.69, 9.17) is 4.74 Å². The number of nitrogens with one attached hydrogen (secondary N) is 2. The molecule has 0 amide bonds. The van der Waals surface area contributed by atoms with Crippen molar-refractivity contribution in [2.75, 3.05) is 23.3 Å². The monoisotopic (exact) mass is 494 g/mol. The summed E-state index contributed by atoms with van der Waals surface area (Å²) >= 11 is 0. The molecule has 0 radical (unpaired) electrons. The minimum Gasteiger partial charge on any atom is -0.429 e. The predicted octanol–water partition coefficient (Wildman–Crippen LogP) is 6.35. The molecule has 2 aromatic carbocycles. The molecule has 2 N–H and O–H groups in total. The van der Waals surface area contributed by atoms with Crippen molar-refractivity contribution in [2.24, 2.45) is 0 Å². The Morgan fingerprint density at radius 2 is 1.97 bits per heavy atom. The first kappa shape index (κ1) is 23.2. The Bertz CT molecular complexity index is 1320. The van der Waals surface area contributed by atoms with Crippen molar-refractivity contribution in [1.29, 1.82) is 0 Å². The van der Waals surface area contributed by atoms with Crippen molar-refractivity contribution >= 4 is 17.2 Å². The van der Waals surface area contributed by atoms with Gasteiger partial charge >= 0.3 is 6.11 Å². The van der Waals surface area contributed by atoms with Crippen LogP contribution in [-0.4, -0.2) is 30.2 Å². The molecular weight excluding hydrogens is 465 g/mol. The Balaban J connectivity index is 1.39. The number of nitrogens with zero attached hydrogens (tertiary/aromatic N) is 2. The molecule has 36 heavy (non-hydrogen) atoms. The Kier molecular flexibility index (Phi) is 5.59. The van der Waals surface area contributed by atoms with Crippen molar-refractivity contribution in [3.8, 4) is 16.9 Å². The number of hydrogen-bond acceptors (Lipinski definition) is 5. The van der Waals surface area contributed by atoms with Gasteiger partial charge in [-0.1, -0.05) is 6.07 Å². The normalized spacial score (nSPS) is 18.4. The van der Waals surface area contributed by atoms with Gasteiger partial charge in [0.15, 0.2) is 5.75 Å². The van der Waals surface area contributed by atoms with E-state index < -0.39 is 18.5 Å². The number of rotatable bonds is 5. The molecule has 0 saturated heterocycles. The summed E-state index contributed by atoms with van der Waals surface area (Å²) in [5, 5.41) is 6.68. The van der Waals surface area contributed by atoms with Crippen LogP contribution in [0.3, 0.4) is 0 Å². The molecular formula is C28H29F3N4O. The van der Waals surface area contributed by atoms with Crippen LogP contribution < -0.4 is 20.3 Å². The maximum Gasteiger partial charge on any atom is 0.415 e. The fourth-order valence-electron chi connectivity index (χ4n) is 5.17. The van der Waals surface area contributed by atoms with Crippen LogP contribution in [0.2, 0.25) is 0 Å². The minimum absolute atomic E-state index is 0.147. The van der Waals surface area contributed by atoms with Crippen LogP contribution in [0.4, 0.5) is 30.4 Å². The zero-order valence-electron chi connectivity index (χ0n) is 20.4. The number of hydrogen-bond donors (Lipinski definition) is 2. The zero-order chi connectivity index (χ0) is 25.0. The zero-order valence-corrected chi connectivity index (χ0v) is 20.4. The summed E-state index contributed by atoms with van der Waals surface area (Å²) in [6.07, 6.45) is 0.713. The quantitative estimate of drug-likeness (QED) is 0.433. The maximum atomic E-state index is 15.1. The van der Waals surface area contributed by atoms with E-state index in [9.17, 15) is 8.78 Å². The standard InChI is InChI=1S/C28H29F3N4O/c1-16(2)35-15-28(30,31)36-27-23(17-3-4-17)10-20(11-25(27)35)22-12-26(33-14-24(22)29)34-21-6-5-19-13-32-8-7-18(19)9-21/h5-6,9-12,14,16-17,32H,3-4,7-8,13,15H2,1-2H3,(H,33,34). The first-order valence-corrected chi connectivity index (χ1v) is 12.5. The molecule has 0 spiro atoms. The number of pyridine rings is 1. The summed E-state index contributed by atoms with van der Waals surface area (Å²) in [6.45, 7) is 5.01. The third kappa shape index (κ3) is 4.39. The molecule has 1 aromatic heterocycles. The molecule has 3 aromatic rings. The fourth-order valence-corrected chi connectivity index (χ4v) is 5.17. The molecule has 1 saturated carbocycles. The van der Waals surface area contributed by atoms with Gasteiger partial charge in [-0.05, 0) is 92.6 Å². The van der Waals surface area contributed by atoms with E-state index in [1.807, 2.05) is 26.0 Å². The highest BCUT2D eigenvalue weighted by atomic mass is 19.3. The lowest BCUT2D eigenvalue weighted by Gasteiger charge is -2.39. The van der Waals surface area contributed by atoms with E-state index in [0.29, 0.717) is 22.6 Å². The molecule has 0 atom stereocenters. The van der Waals surface area contributed by atoms with Crippen LogP contribution in [0.25, 0.3) is 11.1 Å². The van der Waals surface area contributed by atoms with Gasteiger partial charge < -0.3 is 20.3 Å². The highest BCUT2D eigenvalue weighted by Gasteiger charge is 2.44. The summed E-state index contributed by atoms with van der Waals surface area (Å²) in [4.78, 5) is 5.91. The van der Waals surface area contributed by atoms with E-state index in [1.165, 1.54) is 17.3 Å². The molecule has 3 aliphatic rings. The molecule has 3 heterocycles. The largest absolute Gasteiger partial charge is 0.429 e. The van der Waals surface area contributed by atoms with E-state index >= 15 is 4.39 Å². The Morgan fingerprint density at radius 1 is 1.14 bits per heavy atom. The fraction of sp³-hybridized carbons (Fsp3) is 0.393. The number of alkyl halides is 2. The first-order valence-electron chi connectivity index (χ1n) is 12.5. The van der Waals surface area contributed by atoms with Crippen LogP contribution in [0, 0.1) is 5.82 Å². The van der Waals surface area contributed by atoms with Crippen LogP contribution >= 0.6 is 0 Å². The lowest BCUT2D eigenvalue weighted by molar-refractivity contribution is -0.173. The van der Waals surface area contributed by atoms with E-state index in [-0.39, 0.29) is 17.7 Å². The third-order valence-electron chi connectivity index (χ3n) is 7.19. The van der Waals surface area contributed by atoms with Gasteiger partial charge in [0.2, 0.25) is 0 Å². The van der Waals surface area contributed by atoms with Gasteiger partial charge in [-0.15, -0.1) is 0 Å². The molecule has 5 nitrogen and oxygen atoms in total. The van der Waals surface area contributed by atoms with Crippen molar-refractivity contribution in [3.63, 3.8) is 0 Å². The van der Waals surface area contributed by atoms with Gasteiger partial charge in [0.05, 0.1) is 11.9 Å². The maximum absolute atomic E-state index is 15.1. The van der Waals surface area contributed by atoms with Crippen LogP contribution in [0.1, 0.15) is 49.3 Å². The van der Waals surface area contributed by atoms with Crippen molar-refractivity contribution in [2.45, 2.75) is 57.7 Å². The van der Waals surface area contributed by atoms with E-state index in [2.05, 4.69) is 27.8 Å². The number of halogens is 3. The van der Waals surface area contributed by atoms with Gasteiger partial charge in [-0.25, -0.2) is 9.37 Å². The molecule has 188 valence electrons. The average molecular weight is 495 g/mol. The van der Waals surface area contributed by atoms with E-state index in [1.54, 1.807) is 17.0 Å². The van der Waals surface area contributed by atoms with Crippen LogP contribution in [0.5, 0.6) is 5.75 Å².